The molecule has 2 atom stereocenters. The van der Waals surface area contributed by atoms with Crippen LogP contribution in [0, 0.1) is 22.5 Å². The van der Waals surface area contributed by atoms with Gasteiger partial charge in [0.1, 0.15) is 0 Å². The van der Waals surface area contributed by atoms with Crippen molar-refractivity contribution in [3.63, 3.8) is 0 Å². The minimum absolute atomic E-state index is 0.161. The summed E-state index contributed by atoms with van der Waals surface area (Å²) in [5, 5.41) is 2.90. The average Bonchev–Trinajstić information content (AvgIpc) is 3.40. The monoisotopic (exact) mass is 556 g/mol. The van der Waals surface area contributed by atoms with Gasteiger partial charge in [0.05, 0.1) is 37.7 Å². The van der Waals surface area contributed by atoms with E-state index in [2.05, 4.69) is 29.0 Å². The average molecular weight is 557 g/mol. The number of rotatable bonds is 8. The third-order valence-electron chi connectivity index (χ3n) is 7.55. The number of carbonyl (C=O) groups is 1. The van der Waals surface area contributed by atoms with E-state index in [1.807, 2.05) is 6.07 Å². The lowest BCUT2D eigenvalue weighted by molar-refractivity contribution is -0.184. The van der Waals surface area contributed by atoms with Gasteiger partial charge in [-0.1, -0.05) is 20.8 Å². The Morgan fingerprint density at radius 2 is 1.97 bits per heavy atom. The number of amides is 1. The Bertz CT molecular complexity index is 1200. The highest BCUT2D eigenvalue weighted by molar-refractivity contribution is 7.92. The summed E-state index contributed by atoms with van der Waals surface area (Å²) in [5.41, 5.74) is 1.75. The van der Waals surface area contributed by atoms with Crippen molar-refractivity contribution in [1.29, 1.82) is 4.78 Å². The Kier molecular flexibility index (Phi) is 8.35. The summed E-state index contributed by atoms with van der Waals surface area (Å²) in [6, 6.07) is 5.42. The maximum atomic E-state index is 13.0. The molecule has 2 N–H and O–H groups in total. The Balaban J connectivity index is 1.36. The topological polar surface area (TPSA) is 86.2 Å². The van der Waals surface area contributed by atoms with Gasteiger partial charge in [-0.2, -0.15) is 13.2 Å². The zero-order valence-corrected chi connectivity index (χ0v) is 23.1. The maximum Gasteiger partial charge on any atom is 0.391 e. The van der Waals surface area contributed by atoms with Crippen molar-refractivity contribution in [3.8, 4) is 0 Å². The van der Waals surface area contributed by atoms with Gasteiger partial charge >= 0.3 is 6.18 Å². The van der Waals surface area contributed by atoms with Gasteiger partial charge in [0.25, 0.3) is 5.91 Å². The van der Waals surface area contributed by atoms with Gasteiger partial charge in [-0.25, -0.2) is 8.99 Å². The molecule has 0 radical (unpaired) electrons. The minimum Gasteiger partial charge on any atom is -0.346 e. The molecule has 1 aliphatic heterocycles. The van der Waals surface area contributed by atoms with Gasteiger partial charge in [0.15, 0.2) is 0 Å². The van der Waals surface area contributed by atoms with Crippen LogP contribution in [-0.4, -0.2) is 38.5 Å². The Labute approximate surface area is 221 Å². The van der Waals surface area contributed by atoms with Crippen LogP contribution in [0.25, 0.3) is 0 Å². The first-order valence-corrected chi connectivity index (χ1v) is 15.4. The lowest BCUT2D eigenvalue weighted by Crippen LogP contribution is -2.35. The summed E-state index contributed by atoms with van der Waals surface area (Å²) in [6.45, 7) is 7.74. The molecule has 4 rings (SSSR count). The van der Waals surface area contributed by atoms with Gasteiger partial charge in [-0.3, -0.25) is 14.7 Å². The fraction of sp³-hybridized carbons (Fsp3) is 0.615. The van der Waals surface area contributed by atoms with Crippen LogP contribution in [0.2, 0.25) is 0 Å². The van der Waals surface area contributed by atoms with Crippen molar-refractivity contribution in [2.24, 2.45) is 17.8 Å². The molecular formula is C26H35F3N4O2S2. The van der Waals surface area contributed by atoms with Crippen molar-refractivity contribution in [2.75, 3.05) is 12.3 Å². The number of fused-ring (bicyclic) bond motifs is 1. The maximum absolute atomic E-state index is 13.0. The van der Waals surface area contributed by atoms with Crippen LogP contribution < -0.4 is 5.32 Å². The fourth-order valence-corrected chi connectivity index (χ4v) is 7.70. The quantitative estimate of drug-likeness (QED) is 0.395. The third kappa shape index (κ3) is 6.37. The van der Waals surface area contributed by atoms with Crippen LogP contribution in [-0.2, 0) is 22.8 Å². The zero-order valence-electron chi connectivity index (χ0n) is 21.4. The first kappa shape index (κ1) is 28.0. The highest BCUT2D eigenvalue weighted by atomic mass is 32.2. The lowest BCUT2D eigenvalue weighted by Gasteiger charge is -2.35. The van der Waals surface area contributed by atoms with Crippen molar-refractivity contribution in [1.82, 2.24) is 15.2 Å². The molecule has 0 aromatic carbocycles. The molecule has 2 aromatic rings. The van der Waals surface area contributed by atoms with Crippen LogP contribution >= 0.6 is 11.3 Å². The molecule has 204 valence electrons. The third-order valence-corrected chi connectivity index (χ3v) is 10.6. The molecule has 1 saturated carbocycles. The summed E-state index contributed by atoms with van der Waals surface area (Å²) in [5.74, 6) is -0.518. The molecule has 3 heterocycles. The number of alkyl halides is 3. The molecule has 37 heavy (non-hydrogen) atoms. The largest absolute Gasteiger partial charge is 0.391 e. The highest BCUT2D eigenvalue weighted by Crippen LogP contribution is 2.46. The number of aromatic nitrogens is 1. The smallest absolute Gasteiger partial charge is 0.346 e. The molecule has 0 saturated heterocycles. The van der Waals surface area contributed by atoms with Crippen LogP contribution in [0.4, 0.5) is 13.2 Å². The molecule has 2 aliphatic rings. The molecule has 0 spiro atoms. The molecule has 1 unspecified atom stereocenters. The fourth-order valence-electron chi connectivity index (χ4n) is 5.45. The van der Waals surface area contributed by atoms with E-state index in [1.165, 1.54) is 22.4 Å². The van der Waals surface area contributed by atoms with E-state index in [4.69, 9.17) is 4.78 Å². The number of hydrogen-bond donors (Lipinski definition) is 2. The van der Waals surface area contributed by atoms with Crippen LogP contribution in [0.3, 0.4) is 0 Å². The predicted octanol–water partition coefficient (Wildman–Crippen LogP) is 6.38. The second-order valence-corrected chi connectivity index (χ2v) is 14.0. The number of nitrogens with zero attached hydrogens (tertiary/aromatic N) is 2. The Morgan fingerprint density at radius 3 is 2.54 bits per heavy atom. The minimum atomic E-state index is -4.08. The lowest BCUT2D eigenvalue weighted by atomic mass is 9.81. The molecule has 1 aliphatic carbocycles. The molecule has 1 fully saturated rings. The highest BCUT2D eigenvalue weighted by Gasteiger charge is 2.42. The second kappa shape index (κ2) is 11.0. The van der Waals surface area contributed by atoms with E-state index in [1.54, 1.807) is 19.1 Å². The van der Waals surface area contributed by atoms with Crippen molar-refractivity contribution in [2.45, 2.75) is 76.7 Å². The summed E-state index contributed by atoms with van der Waals surface area (Å²) >= 11 is 1.49. The van der Waals surface area contributed by atoms with E-state index >= 15 is 0 Å². The Hall–Kier alpha value is -1.98. The Morgan fingerprint density at radius 1 is 1.27 bits per heavy atom. The van der Waals surface area contributed by atoms with Crippen molar-refractivity contribution in [3.05, 3.63) is 45.4 Å². The summed E-state index contributed by atoms with van der Waals surface area (Å²) in [4.78, 5) is 21.7. The SMILES string of the molecule is CCS(=N)(=O)c1ccc(CNC(=O)c2cc3c(s2)[C@H](C(C)C)N(C[C@H]2CC[C@H](C(F)(F)F)CC2)C3)nc1. The van der Waals surface area contributed by atoms with Gasteiger partial charge in [-0.15, -0.1) is 11.3 Å². The number of thiophene rings is 1. The van der Waals surface area contributed by atoms with Crippen molar-refractivity contribution >= 4 is 27.0 Å². The van der Waals surface area contributed by atoms with Crippen LogP contribution in [0.15, 0.2) is 29.3 Å². The summed E-state index contributed by atoms with van der Waals surface area (Å²) in [7, 11) is -2.82. The van der Waals surface area contributed by atoms with Gasteiger partial charge in [-0.05, 0) is 61.3 Å². The first-order valence-electron chi connectivity index (χ1n) is 12.8. The molecule has 11 heteroatoms. The van der Waals surface area contributed by atoms with E-state index in [0.717, 1.165) is 12.1 Å². The van der Waals surface area contributed by atoms with Gasteiger partial charge in [0, 0.05) is 36.0 Å². The van der Waals surface area contributed by atoms with E-state index < -0.39 is 21.8 Å². The predicted molar refractivity (Wildman–Crippen MR) is 139 cm³/mol. The van der Waals surface area contributed by atoms with Crippen LogP contribution in [0.1, 0.15) is 78.3 Å². The van der Waals surface area contributed by atoms with Crippen LogP contribution in [0.5, 0.6) is 0 Å². The zero-order chi connectivity index (χ0) is 27.0. The molecular weight excluding hydrogens is 521 g/mol. The van der Waals surface area contributed by atoms with E-state index in [-0.39, 0.29) is 43.0 Å². The van der Waals surface area contributed by atoms with Gasteiger partial charge < -0.3 is 5.32 Å². The molecule has 6 nitrogen and oxygen atoms in total. The standard InChI is InChI=1S/C26H35F3N4O2S2/c1-4-37(30,35)21-10-9-20(31-13-21)12-32-25(34)22-11-18-15-33(23(16(2)3)24(18)36-22)14-17-5-7-19(8-6-17)26(27,28)29/h9-11,13,16-17,19,23,30H,4-8,12,14-15H2,1-3H3,(H,32,34)/t17-,19-,23-,37?/m0/s1. The summed E-state index contributed by atoms with van der Waals surface area (Å²) in [6.07, 6.45) is -0.979. The van der Waals surface area contributed by atoms with E-state index in [9.17, 15) is 22.2 Å². The van der Waals surface area contributed by atoms with Crippen molar-refractivity contribution < 1.29 is 22.2 Å². The first-order chi connectivity index (χ1) is 17.4. The number of hydrogen-bond acceptors (Lipinski definition) is 6. The molecule has 1 amide bonds. The number of halogens is 3. The number of nitrogens with one attached hydrogen (secondary N) is 2. The van der Waals surface area contributed by atoms with Gasteiger partial charge in [0.2, 0.25) is 0 Å². The van der Waals surface area contributed by atoms with E-state index in [0.29, 0.717) is 40.8 Å². The summed E-state index contributed by atoms with van der Waals surface area (Å²) < 4.78 is 59.1. The normalized spacial score (nSPS) is 24.1. The second-order valence-electron chi connectivity index (χ2n) is 10.5. The molecule has 0 bridgehead atoms. The molecule has 2 aromatic heterocycles. The number of carbonyl (C=O) groups excluding carboxylic acids is 1. The number of pyridine rings is 1.